The minimum absolute atomic E-state index is 0.0758. The molecule has 0 aliphatic carbocycles. The number of hydrogen-bond acceptors (Lipinski definition) is 3. The van der Waals surface area contributed by atoms with Gasteiger partial charge in [0.25, 0.3) is 0 Å². The van der Waals surface area contributed by atoms with Gasteiger partial charge in [-0.25, -0.2) is 4.98 Å². The molecule has 0 radical (unpaired) electrons. The molecule has 0 aliphatic rings. The van der Waals surface area contributed by atoms with Crippen molar-refractivity contribution >= 4 is 5.97 Å². The Balaban J connectivity index is 2.64. The van der Waals surface area contributed by atoms with Crippen molar-refractivity contribution in [3.63, 3.8) is 0 Å². The van der Waals surface area contributed by atoms with Gasteiger partial charge >= 0.3 is 5.97 Å². The van der Waals surface area contributed by atoms with Crippen molar-refractivity contribution in [1.29, 1.82) is 0 Å². The topological polar surface area (TPSA) is 63.3 Å². The summed E-state index contributed by atoms with van der Waals surface area (Å²) < 4.78 is 5.17. The zero-order valence-corrected chi connectivity index (χ0v) is 8.70. The highest BCUT2D eigenvalue weighted by Crippen LogP contribution is 2.19. The van der Waals surface area contributed by atoms with Crippen molar-refractivity contribution < 1.29 is 14.3 Å². The Bertz CT molecular complexity index is 322. The molecular weight excluding hydrogens is 182 g/mol. The van der Waals surface area contributed by atoms with Gasteiger partial charge in [0.15, 0.2) is 5.89 Å². The van der Waals surface area contributed by atoms with Gasteiger partial charge in [-0.05, 0) is 5.41 Å². The Kier molecular flexibility index (Phi) is 2.93. The van der Waals surface area contributed by atoms with E-state index in [1.54, 1.807) is 0 Å². The minimum atomic E-state index is -0.888. The van der Waals surface area contributed by atoms with E-state index in [1.165, 1.54) is 6.26 Å². The summed E-state index contributed by atoms with van der Waals surface area (Å²) in [5.41, 5.74) is 0.586. The molecule has 0 aromatic carbocycles. The van der Waals surface area contributed by atoms with Gasteiger partial charge in [-0.1, -0.05) is 20.8 Å². The molecule has 0 spiro atoms. The Morgan fingerprint density at radius 3 is 2.71 bits per heavy atom. The maximum Gasteiger partial charge on any atom is 0.309 e. The summed E-state index contributed by atoms with van der Waals surface area (Å²) in [6.07, 6.45) is 2.05. The van der Waals surface area contributed by atoms with Crippen molar-refractivity contribution in [3.8, 4) is 0 Å². The van der Waals surface area contributed by atoms with Gasteiger partial charge in [-0.15, -0.1) is 0 Å². The molecule has 1 aromatic heterocycles. The summed E-state index contributed by atoms with van der Waals surface area (Å²) in [5, 5.41) is 8.53. The Morgan fingerprint density at radius 2 is 2.21 bits per heavy atom. The number of nitrogens with zero attached hydrogens (tertiary/aromatic N) is 1. The summed E-state index contributed by atoms with van der Waals surface area (Å²) in [5.74, 6) is -0.283. The number of aromatic nitrogens is 1. The number of hydrogen-bond donors (Lipinski definition) is 1. The molecule has 0 fully saturated rings. The molecule has 0 bridgehead atoms. The quantitative estimate of drug-likeness (QED) is 0.803. The fourth-order valence-corrected chi connectivity index (χ4v) is 1.12. The number of oxazole rings is 1. The molecule has 0 aliphatic heterocycles. The maximum atomic E-state index is 10.4. The highest BCUT2D eigenvalue weighted by Gasteiger charge is 2.16. The molecule has 1 heterocycles. The zero-order chi connectivity index (χ0) is 10.8. The van der Waals surface area contributed by atoms with Crippen LogP contribution in [0.1, 0.15) is 32.4 Å². The average molecular weight is 197 g/mol. The van der Waals surface area contributed by atoms with Crippen LogP contribution >= 0.6 is 0 Å². The van der Waals surface area contributed by atoms with E-state index in [0.717, 1.165) is 0 Å². The van der Waals surface area contributed by atoms with Gasteiger partial charge in [0.1, 0.15) is 6.26 Å². The van der Waals surface area contributed by atoms with Crippen LogP contribution in [0.5, 0.6) is 0 Å². The third kappa shape index (κ3) is 3.60. The van der Waals surface area contributed by atoms with Crippen molar-refractivity contribution in [2.24, 2.45) is 5.41 Å². The van der Waals surface area contributed by atoms with E-state index in [9.17, 15) is 4.79 Å². The lowest BCUT2D eigenvalue weighted by Crippen LogP contribution is -2.09. The molecule has 0 saturated heterocycles. The molecular formula is C10H15NO3. The van der Waals surface area contributed by atoms with Crippen molar-refractivity contribution in [3.05, 3.63) is 17.8 Å². The summed E-state index contributed by atoms with van der Waals surface area (Å²) in [6, 6.07) is 0. The second-order valence-corrected chi connectivity index (χ2v) is 4.54. The van der Waals surface area contributed by atoms with Crippen LogP contribution < -0.4 is 0 Å². The molecule has 14 heavy (non-hydrogen) atoms. The number of carboxylic acid groups (broad SMARTS) is 1. The van der Waals surface area contributed by atoms with Crippen LogP contribution in [0.4, 0.5) is 0 Å². The number of aliphatic carboxylic acids is 1. The van der Waals surface area contributed by atoms with Crippen LogP contribution in [-0.2, 0) is 17.6 Å². The Morgan fingerprint density at radius 1 is 1.57 bits per heavy atom. The Hall–Kier alpha value is -1.32. The van der Waals surface area contributed by atoms with E-state index in [0.29, 0.717) is 18.0 Å². The van der Waals surface area contributed by atoms with E-state index in [-0.39, 0.29) is 11.8 Å². The SMILES string of the molecule is CC(C)(C)Cc1nc(CC(=O)O)co1. The highest BCUT2D eigenvalue weighted by molar-refractivity contribution is 5.69. The van der Waals surface area contributed by atoms with Crippen LogP contribution in [0.25, 0.3) is 0 Å². The second-order valence-electron chi connectivity index (χ2n) is 4.54. The first-order valence-electron chi connectivity index (χ1n) is 4.52. The monoisotopic (exact) mass is 197 g/mol. The maximum absolute atomic E-state index is 10.4. The fraction of sp³-hybridized carbons (Fsp3) is 0.600. The van der Waals surface area contributed by atoms with Crippen molar-refractivity contribution in [2.75, 3.05) is 0 Å². The molecule has 4 heteroatoms. The van der Waals surface area contributed by atoms with E-state index < -0.39 is 5.97 Å². The normalized spacial score (nSPS) is 11.6. The first-order chi connectivity index (χ1) is 6.37. The van der Waals surface area contributed by atoms with E-state index in [2.05, 4.69) is 25.8 Å². The summed E-state index contributed by atoms with van der Waals surface area (Å²) >= 11 is 0. The van der Waals surface area contributed by atoms with Crippen LogP contribution in [0.2, 0.25) is 0 Å². The lowest BCUT2D eigenvalue weighted by molar-refractivity contribution is -0.136. The standard InChI is InChI=1S/C10H15NO3/c1-10(2,3)5-8-11-7(6-14-8)4-9(12)13/h6H,4-5H2,1-3H3,(H,12,13). The zero-order valence-electron chi connectivity index (χ0n) is 8.70. The molecule has 0 amide bonds. The van der Waals surface area contributed by atoms with Crippen LogP contribution in [0.3, 0.4) is 0 Å². The predicted molar refractivity (Wildman–Crippen MR) is 51.0 cm³/mol. The highest BCUT2D eigenvalue weighted by atomic mass is 16.4. The molecule has 78 valence electrons. The molecule has 1 rings (SSSR count). The second kappa shape index (κ2) is 3.82. The van der Waals surface area contributed by atoms with Crippen molar-refractivity contribution in [2.45, 2.75) is 33.6 Å². The predicted octanol–water partition coefficient (Wildman–Crippen LogP) is 1.89. The molecule has 0 atom stereocenters. The van der Waals surface area contributed by atoms with Gasteiger partial charge in [0, 0.05) is 6.42 Å². The molecule has 1 N–H and O–H groups in total. The van der Waals surface area contributed by atoms with Crippen LogP contribution in [-0.4, -0.2) is 16.1 Å². The minimum Gasteiger partial charge on any atom is -0.481 e. The molecule has 1 aromatic rings. The number of carbonyl (C=O) groups is 1. The van der Waals surface area contributed by atoms with E-state index >= 15 is 0 Å². The van der Waals surface area contributed by atoms with Gasteiger partial charge in [-0.2, -0.15) is 0 Å². The summed E-state index contributed by atoms with van der Waals surface area (Å²) in [4.78, 5) is 14.5. The lowest BCUT2D eigenvalue weighted by Gasteiger charge is -2.14. The smallest absolute Gasteiger partial charge is 0.309 e. The van der Waals surface area contributed by atoms with Crippen molar-refractivity contribution in [1.82, 2.24) is 4.98 Å². The first-order valence-corrected chi connectivity index (χ1v) is 4.52. The van der Waals surface area contributed by atoms with Crippen LogP contribution in [0, 0.1) is 5.41 Å². The summed E-state index contributed by atoms with van der Waals surface area (Å²) in [7, 11) is 0. The lowest BCUT2D eigenvalue weighted by atomic mass is 9.92. The first kappa shape index (κ1) is 10.8. The molecule has 4 nitrogen and oxygen atoms in total. The molecule has 0 saturated carbocycles. The number of carboxylic acids is 1. The Labute approximate surface area is 83.0 Å². The largest absolute Gasteiger partial charge is 0.481 e. The number of rotatable bonds is 3. The van der Waals surface area contributed by atoms with Gasteiger partial charge in [0.05, 0.1) is 12.1 Å². The third-order valence-corrected chi connectivity index (χ3v) is 1.61. The van der Waals surface area contributed by atoms with Gasteiger partial charge < -0.3 is 9.52 Å². The third-order valence-electron chi connectivity index (χ3n) is 1.61. The van der Waals surface area contributed by atoms with Crippen LogP contribution in [0.15, 0.2) is 10.7 Å². The van der Waals surface area contributed by atoms with E-state index in [4.69, 9.17) is 9.52 Å². The fourth-order valence-electron chi connectivity index (χ4n) is 1.12. The van der Waals surface area contributed by atoms with E-state index in [1.807, 2.05) is 0 Å². The van der Waals surface area contributed by atoms with Gasteiger partial charge in [0.2, 0.25) is 0 Å². The summed E-state index contributed by atoms with van der Waals surface area (Å²) in [6.45, 7) is 6.23. The molecule has 0 unspecified atom stereocenters. The average Bonchev–Trinajstić information content (AvgIpc) is 2.30. The van der Waals surface area contributed by atoms with Gasteiger partial charge in [-0.3, -0.25) is 4.79 Å².